The van der Waals surface area contributed by atoms with Gasteiger partial charge in [-0.05, 0) is 19.4 Å². The van der Waals surface area contributed by atoms with Crippen LogP contribution in [0.3, 0.4) is 0 Å². The van der Waals surface area contributed by atoms with Gasteiger partial charge in [-0.1, -0.05) is 20.3 Å². The van der Waals surface area contributed by atoms with Gasteiger partial charge in [-0.3, -0.25) is 4.68 Å². The van der Waals surface area contributed by atoms with Crippen molar-refractivity contribution in [1.29, 1.82) is 0 Å². The standard InChI is InChI=1S/C10H20N4/c1-4-9(2)5-12-10(3)6-14-8-11-7-13-14/h7-10,12H,4-6H2,1-3H3. The second kappa shape index (κ2) is 5.75. The van der Waals surface area contributed by atoms with E-state index >= 15 is 0 Å². The SMILES string of the molecule is CCC(C)CNC(C)Cn1cncn1. The Balaban J connectivity index is 2.19. The Morgan fingerprint density at radius 3 is 2.79 bits per heavy atom. The van der Waals surface area contributed by atoms with Crippen LogP contribution in [0.2, 0.25) is 0 Å². The highest BCUT2D eigenvalue weighted by Gasteiger charge is 2.04. The van der Waals surface area contributed by atoms with Crippen LogP contribution in [-0.4, -0.2) is 27.4 Å². The van der Waals surface area contributed by atoms with E-state index < -0.39 is 0 Å². The normalized spacial score (nSPS) is 15.4. The van der Waals surface area contributed by atoms with Gasteiger partial charge in [-0.15, -0.1) is 0 Å². The third-order valence-electron chi connectivity index (χ3n) is 2.44. The van der Waals surface area contributed by atoms with E-state index in [4.69, 9.17) is 0 Å². The highest BCUT2D eigenvalue weighted by atomic mass is 15.3. The van der Waals surface area contributed by atoms with Crippen LogP contribution in [0.15, 0.2) is 12.7 Å². The summed E-state index contributed by atoms with van der Waals surface area (Å²) >= 11 is 0. The van der Waals surface area contributed by atoms with E-state index in [2.05, 4.69) is 36.2 Å². The molecule has 1 aromatic rings. The van der Waals surface area contributed by atoms with E-state index in [9.17, 15) is 0 Å². The van der Waals surface area contributed by atoms with Gasteiger partial charge in [-0.2, -0.15) is 5.10 Å². The van der Waals surface area contributed by atoms with Crippen LogP contribution in [0.5, 0.6) is 0 Å². The Hall–Kier alpha value is -0.900. The van der Waals surface area contributed by atoms with Crippen LogP contribution in [0.4, 0.5) is 0 Å². The Labute approximate surface area is 85.7 Å². The van der Waals surface area contributed by atoms with Gasteiger partial charge >= 0.3 is 0 Å². The zero-order chi connectivity index (χ0) is 10.4. The minimum Gasteiger partial charge on any atom is -0.312 e. The van der Waals surface area contributed by atoms with Crippen molar-refractivity contribution in [2.24, 2.45) is 5.92 Å². The molecular formula is C10H20N4. The Morgan fingerprint density at radius 1 is 1.43 bits per heavy atom. The summed E-state index contributed by atoms with van der Waals surface area (Å²) in [7, 11) is 0. The highest BCUT2D eigenvalue weighted by Crippen LogP contribution is 1.98. The van der Waals surface area contributed by atoms with E-state index in [1.165, 1.54) is 6.42 Å². The van der Waals surface area contributed by atoms with Gasteiger partial charge in [0.25, 0.3) is 0 Å². The molecule has 0 aliphatic heterocycles. The molecule has 4 nitrogen and oxygen atoms in total. The first-order chi connectivity index (χ1) is 6.72. The second-order valence-corrected chi connectivity index (χ2v) is 3.94. The molecule has 0 radical (unpaired) electrons. The van der Waals surface area contributed by atoms with Crippen LogP contribution in [-0.2, 0) is 6.54 Å². The fraction of sp³-hybridized carbons (Fsp3) is 0.800. The molecule has 2 atom stereocenters. The van der Waals surface area contributed by atoms with Crippen LogP contribution < -0.4 is 5.32 Å². The van der Waals surface area contributed by atoms with Gasteiger partial charge < -0.3 is 5.32 Å². The molecule has 0 spiro atoms. The quantitative estimate of drug-likeness (QED) is 0.746. The van der Waals surface area contributed by atoms with E-state index in [1.54, 1.807) is 12.7 Å². The average molecular weight is 196 g/mol. The van der Waals surface area contributed by atoms with Crippen molar-refractivity contribution in [3.05, 3.63) is 12.7 Å². The first kappa shape index (κ1) is 11.2. The van der Waals surface area contributed by atoms with E-state index in [0.29, 0.717) is 6.04 Å². The summed E-state index contributed by atoms with van der Waals surface area (Å²) in [6, 6.07) is 0.450. The number of rotatable bonds is 6. The first-order valence-electron chi connectivity index (χ1n) is 5.28. The lowest BCUT2D eigenvalue weighted by Gasteiger charge is -2.16. The van der Waals surface area contributed by atoms with E-state index in [0.717, 1.165) is 19.0 Å². The Kier molecular flexibility index (Phi) is 4.59. The van der Waals surface area contributed by atoms with Gasteiger partial charge in [0.15, 0.2) is 0 Å². The fourth-order valence-corrected chi connectivity index (χ4v) is 1.22. The molecule has 1 rings (SSSR count). The van der Waals surface area contributed by atoms with Gasteiger partial charge in [0.1, 0.15) is 12.7 Å². The van der Waals surface area contributed by atoms with Gasteiger partial charge in [0.05, 0.1) is 6.54 Å². The first-order valence-corrected chi connectivity index (χ1v) is 5.28. The molecule has 80 valence electrons. The van der Waals surface area contributed by atoms with Crippen LogP contribution in [0.25, 0.3) is 0 Å². The maximum Gasteiger partial charge on any atom is 0.137 e. The molecule has 0 saturated carbocycles. The largest absolute Gasteiger partial charge is 0.312 e. The van der Waals surface area contributed by atoms with Crippen LogP contribution in [0, 0.1) is 5.92 Å². The minimum absolute atomic E-state index is 0.450. The van der Waals surface area contributed by atoms with Crippen molar-refractivity contribution in [3.63, 3.8) is 0 Å². The molecule has 2 unspecified atom stereocenters. The second-order valence-electron chi connectivity index (χ2n) is 3.94. The minimum atomic E-state index is 0.450. The Bertz CT molecular complexity index is 232. The molecule has 0 fully saturated rings. The molecule has 0 aliphatic carbocycles. The summed E-state index contributed by atoms with van der Waals surface area (Å²) in [5.74, 6) is 0.744. The maximum atomic E-state index is 4.07. The summed E-state index contributed by atoms with van der Waals surface area (Å²) in [6.45, 7) is 8.61. The molecule has 1 aromatic heterocycles. The van der Waals surface area contributed by atoms with Crippen molar-refractivity contribution in [1.82, 2.24) is 20.1 Å². The van der Waals surface area contributed by atoms with Gasteiger partial charge in [-0.25, -0.2) is 4.98 Å². The molecule has 0 bridgehead atoms. The topological polar surface area (TPSA) is 42.7 Å². The average Bonchev–Trinajstić information content (AvgIpc) is 2.66. The summed E-state index contributed by atoms with van der Waals surface area (Å²) in [5, 5.41) is 7.55. The molecule has 14 heavy (non-hydrogen) atoms. The molecular weight excluding hydrogens is 176 g/mol. The zero-order valence-electron chi connectivity index (χ0n) is 9.27. The van der Waals surface area contributed by atoms with Crippen molar-refractivity contribution < 1.29 is 0 Å². The van der Waals surface area contributed by atoms with Crippen molar-refractivity contribution in [2.45, 2.75) is 39.8 Å². The third kappa shape index (κ3) is 3.87. The molecule has 0 aliphatic rings. The lowest BCUT2D eigenvalue weighted by atomic mass is 10.1. The van der Waals surface area contributed by atoms with Crippen molar-refractivity contribution >= 4 is 0 Å². The maximum absolute atomic E-state index is 4.07. The van der Waals surface area contributed by atoms with Gasteiger partial charge in [0.2, 0.25) is 0 Å². The smallest absolute Gasteiger partial charge is 0.137 e. The number of nitrogens with zero attached hydrogens (tertiary/aromatic N) is 3. The molecule has 0 amide bonds. The summed E-state index contributed by atoms with van der Waals surface area (Å²) < 4.78 is 1.86. The Morgan fingerprint density at radius 2 is 2.21 bits per heavy atom. The zero-order valence-corrected chi connectivity index (χ0v) is 9.27. The molecule has 1 heterocycles. The molecule has 0 aromatic carbocycles. The van der Waals surface area contributed by atoms with E-state index in [-0.39, 0.29) is 0 Å². The predicted molar refractivity (Wildman–Crippen MR) is 56.9 cm³/mol. The van der Waals surface area contributed by atoms with Crippen LogP contribution in [0.1, 0.15) is 27.2 Å². The summed E-state index contributed by atoms with van der Waals surface area (Å²) in [5.41, 5.74) is 0. The number of hydrogen-bond donors (Lipinski definition) is 1. The summed E-state index contributed by atoms with van der Waals surface area (Å²) in [4.78, 5) is 3.91. The van der Waals surface area contributed by atoms with Crippen molar-refractivity contribution in [3.8, 4) is 0 Å². The van der Waals surface area contributed by atoms with Crippen LogP contribution >= 0.6 is 0 Å². The van der Waals surface area contributed by atoms with Gasteiger partial charge in [0, 0.05) is 6.04 Å². The molecule has 1 N–H and O–H groups in total. The number of nitrogens with one attached hydrogen (secondary N) is 1. The summed E-state index contributed by atoms with van der Waals surface area (Å²) in [6.07, 6.45) is 4.55. The lowest BCUT2D eigenvalue weighted by molar-refractivity contribution is 0.407. The molecule has 0 saturated heterocycles. The highest BCUT2D eigenvalue weighted by molar-refractivity contribution is 4.65. The fourth-order valence-electron chi connectivity index (χ4n) is 1.22. The third-order valence-corrected chi connectivity index (χ3v) is 2.44. The lowest BCUT2D eigenvalue weighted by Crippen LogP contribution is -2.33. The monoisotopic (exact) mass is 196 g/mol. The number of hydrogen-bond acceptors (Lipinski definition) is 3. The molecule has 4 heteroatoms. The van der Waals surface area contributed by atoms with E-state index in [1.807, 2.05) is 4.68 Å². The van der Waals surface area contributed by atoms with Crippen molar-refractivity contribution in [2.75, 3.05) is 6.54 Å². The predicted octanol–water partition coefficient (Wildman–Crippen LogP) is 1.30. The number of aromatic nitrogens is 3.